The SMILES string of the molecule is CC(C)S(=O)(=O)CCOc1ccc(C(C)(C)C)cc1. The quantitative estimate of drug-likeness (QED) is 0.834. The first-order valence-corrected chi connectivity index (χ1v) is 8.29. The normalized spacial score (nSPS) is 12.7. The third-order valence-electron chi connectivity index (χ3n) is 3.08. The summed E-state index contributed by atoms with van der Waals surface area (Å²) in [6.07, 6.45) is 0. The van der Waals surface area contributed by atoms with Gasteiger partial charge in [0.2, 0.25) is 0 Å². The summed E-state index contributed by atoms with van der Waals surface area (Å²) in [6.45, 7) is 10.0. The lowest BCUT2D eigenvalue weighted by molar-refractivity contribution is 0.340. The number of hydrogen-bond donors (Lipinski definition) is 0. The maximum absolute atomic E-state index is 11.6. The molecule has 0 aliphatic carbocycles. The summed E-state index contributed by atoms with van der Waals surface area (Å²) in [5.41, 5.74) is 1.34. The molecular formula is C15H24O3S. The van der Waals surface area contributed by atoms with Crippen molar-refractivity contribution in [2.75, 3.05) is 12.4 Å². The highest BCUT2D eigenvalue weighted by Gasteiger charge is 2.16. The zero-order chi connectivity index (χ0) is 14.7. The van der Waals surface area contributed by atoms with Crippen molar-refractivity contribution in [1.82, 2.24) is 0 Å². The zero-order valence-electron chi connectivity index (χ0n) is 12.4. The highest BCUT2D eigenvalue weighted by atomic mass is 32.2. The van der Waals surface area contributed by atoms with Crippen LogP contribution in [0.5, 0.6) is 5.75 Å². The van der Waals surface area contributed by atoms with Crippen molar-refractivity contribution in [2.45, 2.75) is 45.3 Å². The van der Waals surface area contributed by atoms with Crippen LogP contribution in [0.1, 0.15) is 40.2 Å². The summed E-state index contributed by atoms with van der Waals surface area (Å²) in [6, 6.07) is 7.82. The van der Waals surface area contributed by atoms with Gasteiger partial charge in [-0.2, -0.15) is 0 Å². The molecule has 1 rings (SSSR count). The van der Waals surface area contributed by atoms with Crippen LogP contribution in [-0.4, -0.2) is 26.0 Å². The molecule has 3 nitrogen and oxygen atoms in total. The highest BCUT2D eigenvalue weighted by Crippen LogP contribution is 2.24. The maximum Gasteiger partial charge on any atom is 0.155 e. The standard InChI is InChI=1S/C15H24O3S/c1-12(2)19(16,17)11-10-18-14-8-6-13(7-9-14)15(3,4)5/h6-9,12H,10-11H2,1-5H3. The largest absolute Gasteiger partial charge is 0.493 e. The van der Waals surface area contributed by atoms with E-state index >= 15 is 0 Å². The van der Waals surface area contributed by atoms with Crippen LogP contribution in [-0.2, 0) is 15.3 Å². The third kappa shape index (κ3) is 4.86. The van der Waals surface area contributed by atoms with E-state index in [1.54, 1.807) is 13.8 Å². The summed E-state index contributed by atoms with van der Waals surface area (Å²) in [4.78, 5) is 0. The predicted molar refractivity (Wildman–Crippen MR) is 79.6 cm³/mol. The van der Waals surface area contributed by atoms with Gasteiger partial charge in [-0.1, -0.05) is 32.9 Å². The van der Waals surface area contributed by atoms with Crippen LogP contribution in [0.3, 0.4) is 0 Å². The molecule has 108 valence electrons. The first-order chi connectivity index (χ1) is 8.63. The van der Waals surface area contributed by atoms with Gasteiger partial charge < -0.3 is 4.74 Å². The van der Waals surface area contributed by atoms with Crippen LogP contribution in [0.4, 0.5) is 0 Å². The molecule has 1 aromatic rings. The minimum absolute atomic E-state index is 0.0612. The van der Waals surface area contributed by atoms with Gasteiger partial charge in [0.25, 0.3) is 0 Å². The van der Waals surface area contributed by atoms with Crippen molar-refractivity contribution in [3.05, 3.63) is 29.8 Å². The Kier molecular flexibility index (Phi) is 5.02. The van der Waals surface area contributed by atoms with Crippen molar-refractivity contribution in [3.8, 4) is 5.75 Å². The second-order valence-electron chi connectivity index (χ2n) is 6.04. The van der Waals surface area contributed by atoms with Crippen molar-refractivity contribution < 1.29 is 13.2 Å². The Morgan fingerprint density at radius 1 is 1.11 bits per heavy atom. The minimum atomic E-state index is -3.02. The van der Waals surface area contributed by atoms with Crippen LogP contribution >= 0.6 is 0 Å². The Balaban J connectivity index is 2.56. The van der Waals surface area contributed by atoms with Crippen LogP contribution in [0.25, 0.3) is 0 Å². The Labute approximate surface area is 116 Å². The third-order valence-corrected chi connectivity index (χ3v) is 5.25. The molecule has 0 atom stereocenters. The van der Waals surface area contributed by atoms with Crippen LogP contribution in [0.2, 0.25) is 0 Å². The van der Waals surface area contributed by atoms with E-state index in [-0.39, 0.29) is 23.0 Å². The minimum Gasteiger partial charge on any atom is -0.493 e. The first-order valence-electron chi connectivity index (χ1n) is 6.58. The van der Waals surface area contributed by atoms with Crippen molar-refractivity contribution in [2.24, 2.45) is 0 Å². The zero-order valence-corrected chi connectivity index (χ0v) is 13.3. The molecule has 0 aromatic heterocycles. The van der Waals surface area contributed by atoms with Crippen molar-refractivity contribution >= 4 is 9.84 Å². The second kappa shape index (κ2) is 5.95. The summed E-state index contributed by atoms with van der Waals surface area (Å²) in [7, 11) is -3.02. The number of ether oxygens (including phenoxy) is 1. The lowest BCUT2D eigenvalue weighted by atomic mass is 9.87. The topological polar surface area (TPSA) is 43.4 Å². The molecule has 0 bridgehead atoms. The van der Waals surface area contributed by atoms with Crippen molar-refractivity contribution in [3.63, 3.8) is 0 Å². The van der Waals surface area contributed by atoms with Crippen LogP contribution in [0.15, 0.2) is 24.3 Å². The average molecular weight is 284 g/mol. The van der Waals surface area contributed by atoms with E-state index in [4.69, 9.17) is 4.74 Å². The monoisotopic (exact) mass is 284 g/mol. The van der Waals surface area contributed by atoms with E-state index < -0.39 is 9.84 Å². The van der Waals surface area contributed by atoms with E-state index in [0.717, 1.165) is 0 Å². The van der Waals surface area contributed by atoms with E-state index in [9.17, 15) is 8.42 Å². The van der Waals surface area contributed by atoms with Gasteiger partial charge in [-0.15, -0.1) is 0 Å². The molecule has 0 radical (unpaired) electrons. The van der Waals surface area contributed by atoms with Gasteiger partial charge in [-0.25, -0.2) is 8.42 Å². The van der Waals surface area contributed by atoms with Gasteiger partial charge in [0.05, 0.1) is 11.0 Å². The van der Waals surface area contributed by atoms with E-state index in [0.29, 0.717) is 5.75 Å². The number of rotatable bonds is 5. The van der Waals surface area contributed by atoms with Gasteiger partial charge >= 0.3 is 0 Å². The van der Waals surface area contributed by atoms with E-state index in [2.05, 4.69) is 20.8 Å². The van der Waals surface area contributed by atoms with Crippen LogP contribution in [0, 0.1) is 0 Å². The lowest BCUT2D eigenvalue weighted by Gasteiger charge is -2.19. The molecule has 0 fully saturated rings. The fraction of sp³-hybridized carbons (Fsp3) is 0.600. The molecule has 0 aliphatic heterocycles. The summed E-state index contributed by atoms with van der Waals surface area (Å²) in [5.74, 6) is 0.776. The second-order valence-corrected chi connectivity index (χ2v) is 8.72. The maximum atomic E-state index is 11.6. The highest BCUT2D eigenvalue weighted by molar-refractivity contribution is 7.91. The predicted octanol–water partition coefficient (Wildman–Crippen LogP) is 3.19. The lowest BCUT2D eigenvalue weighted by Crippen LogP contribution is -2.22. The van der Waals surface area contributed by atoms with Crippen LogP contribution < -0.4 is 4.74 Å². The molecule has 0 saturated heterocycles. The molecule has 0 amide bonds. The Morgan fingerprint density at radius 3 is 2.05 bits per heavy atom. The Morgan fingerprint density at radius 2 is 1.63 bits per heavy atom. The molecule has 0 unspecified atom stereocenters. The van der Waals surface area contributed by atoms with Gasteiger partial charge in [-0.05, 0) is 37.0 Å². The van der Waals surface area contributed by atoms with Crippen molar-refractivity contribution in [1.29, 1.82) is 0 Å². The number of hydrogen-bond acceptors (Lipinski definition) is 3. The summed E-state index contributed by atoms with van der Waals surface area (Å²) < 4.78 is 28.7. The molecule has 19 heavy (non-hydrogen) atoms. The molecule has 4 heteroatoms. The molecule has 1 aromatic carbocycles. The molecule has 0 N–H and O–H groups in total. The molecule has 0 heterocycles. The number of benzene rings is 1. The Bertz CT molecular complexity index is 493. The molecule has 0 aliphatic rings. The van der Waals surface area contributed by atoms with E-state index in [1.165, 1.54) is 5.56 Å². The summed E-state index contributed by atoms with van der Waals surface area (Å²) >= 11 is 0. The summed E-state index contributed by atoms with van der Waals surface area (Å²) in [5, 5.41) is -0.348. The van der Waals surface area contributed by atoms with Gasteiger partial charge in [0.15, 0.2) is 9.84 Å². The first kappa shape index (κ1) is 16.0. The molecular weight excluding hydrogens is 260 g/mol. The smallest absolute Gasteiger partial charge is 0.155 e. The number of sulfone groups is 1. The van der Waals surface area contributed by atoms with Gasteiger partial charge in [-0.3, -0.25) is 0 Å². The van der Waals surface area contributed by atoms with Gasteiger partial charge in [0, 0.05) is 0 Å². The van der Waals surface area contributed by atoms with Gasteiger partial charge in [0.1, 0.15) is 12.4 Å². The average Bonchev–Trinajstić information content (AvgIpc) is 2.28. The molecule has 0 spiro atoms. The fourth-order valence-corrected chi connectivity index (χ4v) is 2.35. The van der Waals surface area contributed by atoms with E-state index in [1.807, 2.05) is 24.3 Å². The fourth-order valence-electron chi connectivity index (χ4n) is 1.56. The molecule has 0 saturated carbocycles. The Hall–Kier alpha value is -1.03.